The van der Waals surface area contributed by atoms with Gasteiger partial charge in [0.05, 0.1) is 5.69 Å². The summed E-state index contributed by atoms with van der Waals surface area (Å²) >= 11 is 5.80. The van der Waals surface area contributed by atoms with Crippen LogP contribution in [0.15, 0.2) is 54.9 Å². The zero-order chi connectivity index (χ0) is 15.5. The molecular weight excluding hydrogens is 300 g/mol. The van der Waals surface area contributed by atoms with Crippen molar-refractivity contribution in [2.24, 2.45) is 0 Å². The van der Waals surface area contributed by atoms with Gasteiger partial charge >= 0.3 is 0 Å². The lowest BCUT2D eigenvalue weighted by molar-refractivity contribution is 0.102. The maximum atomic E-state index is 12.2. The van der Waals surface area contributed by atoms with Crippen molar-refractivity contribution in [1.29, 1.82) is 0 Å². The molecule has 3 rings (SSSR count). The van der Waals surface area contributed by atoms with Gasteiger partial charge in [0.1, 0.15) is 5.15 Å². The first-order chi connectivity index (χ1) is 10.6. The minimum Gasteiger partial charge on any atom is -0.322 e. The molecular formula is C16H13ClN4O. The van der Waals surface area contributed by atoms with Gasteiger partial charge in [-0.15, -0.1) is 0 Å². The van der Waals surface area contributed by atoms with Crippen LogP contribution in [0, 0.1) is 6.92 Å². The van der Waals surface area contributed by atoms with E-state index in [0.717, 1.165) is 11.4 Å². The van der Waals surface area contributed by atoms with Crippen molar-refractivity contribution in [2.45, 2.75) is 6.92 Å². The molecule has 22 heavy (non-hydrogen) atoms. The Bertz CT molecular complexity index is 828. The number of nitrogens with zero attached hydrogens (tertiary/aromatic N) is 3. The summed E-state index contributed by atoms with van der Waals surface area (Å²) in [7, 11) is 0. The number of carbonyl (C=O) groups excluding carboxylic acids is 1. The van der Waals surface area contributed by atoms with Crippen LogP contribution >= 0.6 is 11.6 Å². The number of hydrogen-bond donors (Lipinski definition) is 1. The fourth-order valence-corrected chi connectivity index (χ4v) is 2.28. The van der Waals surface area contributed by atoms with Crippen LogP contribution in [0.25, 0.3) is 5.69 Å². The van der Waals surface area contributed by atoms with Gasteiger partial charge in [-0.3, -0.25) is 4.79 Å². The van der Waals surface area contributed by atoms with E-state index in [-0.39, 0.29) is 11.1 Å². The van der Waals surface area contributed by atoms with E-state index >= 15 is 0 Å². The quantitative estimate of drug-likeness (QED) is 0.753. The number of aromatic nitrogens is 3. The molecule has 2 aromatic heterocycles. The molecule has 1 N–H and O–H groups in total. The van der Waals surface area contributed by atoms with Crippen LogP contribution < -0.4 is 5.32 Å². The fraction of sp³-hybridized carbons (Fsp3) is 0.0625. The van der Waals surface area contributed by atoms with Gasteiger partial charge in [0.15, 0.2) is 0 Å². The number of benzene rings is 1. The van der Waals surface area contributed by atoms with Crippen molar-refractivity contribution in [3.63, 3.8) is 0 Å². The molecule has 2 heterocycles. The maximum Gasteiger partial charge on any atom is 0.255 e. The number of rotatable bonds is 3. The molecule has 1 amide bonds. The molecule has 0 aliphatic rings. The number of hydrogen-bond acceptors (Lipinski definition) is 3. The molecule has 0 fully saturated rings. The molecule has 110 valence electrons. The summed E-state index contributed by atoms with van der Waals surface area (Å²) in [5.41, 5.74) is 3.04. The third-order valence-corrected chi connectivity index (χ3v) is 3.38. The zero-order valence-electron chi connectivity index (χ0n) is 11.8. The van der Waals surface area contributed by atoms with E-state index in [9.17, 15) is 4.79 Å². The Kier molecular flexibility index (Phi) is 3.89. The van der Waals surface area contributed by atoms with Crippen LogP contribution in [0.2, 0.25) is 5.15 Å². The smallest absolute Gasteiger partial charge is 0.255 e. The van der Waals surface area contributed by atoms with Gasteiger partial charge in [0, 0.05) is 29.3 Å². The zero-order valence-corrected chi connectivity index (χ0v) is 12.6. The molecule has 0 radical (unpaired) electrons. The molecule has 3 aromatic rings. The highest BCUT2D eigenvalue weighted by Crippen LogP contribution is 2.17. The van der Waals surface area contributed by atoms with Crippen LogP contribution in [-0.2, 0) is 0 Å². The third-order valence-electron chi connectivity index (χ3n) is 3.17. The maximum absolute atomic E-state index is 12.2. The molecule has 0 bridgehead atoms. The van der Waals surface area contributed by atoms with Crippen LogP contribution in [0.5, 0.6) is 0 Å². The van der Waals surface area contributed by atoms with Gasteiger partial charge in [-0.25, -0.2) is 9.67 Å². The Morgan fingerprint density at radius 1 is 1.18 bits per heavy atom. The molecule has 0 atom stereocenters. The van der Waals surface area contributed by atoms with Crippen molar-refractivity contribution < 1.29 is 4.79 Å². The second-order valence-electron chi connectivity index (χ2n) is 4.76. The molecule has 0 unspecified atom stereocenters. The lowest BCUT2D eigenvalue weighted by Gasteiger charge is -2.09. The van der Waals surface area contributed by atoms with Crippen molar-refractivity contribution in [1.82, 2.24) is 14.8 Å². The average Bonchev–Trinajstić information content (AvgIpc) is 2.94. The van der Waals surface area contributed by atoms with Gasteiger partial charge in [0.25, 0.3) is 5.91 Å². The highest BCUT2D eigenvalue weighted by atomic mass is 35.5. The number of amides is 1. The molecule has 5 nitrogen and oxygen atoms in total. The number of halogens is 1. The normalized spacial score (nSPS) is 10.5. The van der Waals surface area contributed by atoms with E-state index in [1.165, 1.54) is 12.3 Å². The Morgan fingerprint density at radius 3 is 2.77 bits per heavy atom. The van der Waals surface area contributed by atoms with Gasteiger partial charge in [-0.05, 0) is 43.3 Å². The third kappa shape index (κ3) is 2.99. The Balaban J connectivity index is 1.84. The van der Waals surface area contributed by atoms with E-state index < -0.39 is 0 Å². The molecule has 6 heteroatoms. The van der Waals surface area contributed by atoms with E-state index in [2.05, 4.69) is 15.4 Å². The molecule has 0 aliphatic heterocycles. The average molecular weight is 313 g/mol. The van der Waals surface area contributed by atoms with Gasteiger partial charge in [0.2, 0.25) is 0 Å². The van der Waals surface area contributed by atoms with Crippen LogP contribution in [-0.4, -0.2) is 20.7 Å². The molecule has 1 aromatic carbocycles. The lowest BCUT2D eigenvalue weighted by atomic mass is 10.2. The number of nitrogens with one attached hydrogen (secondary N) is 1. The highest BCUT2D eigenvalue weighted by Gasteiger charge is 2.08. The van der Waals surface area contributed by atoms with E-state index in [1.54, 1.807) is 16.9 Å². The first-order valence-electron chi connectivity index (χ1n) is 6.67. The van der Waals surface area contributed by atoms with Crippen LogP contribution in [0.1, 0.15) is 16.1 Å². The van der Waals surface area contributed by atoms with Gasteiger partial charge in [-0.1, -0.05) is 17.7 Å². The molecule has 0 saturated heterocycles. The summed E-state index contributed by atoms with van der Waals surface area (Å²) in [5, 5.41) is 7.38. The van der Waals surface area contributed by atoms with E-state index in [4.69, 9.17) is 11.6 Å². The first kappa shape index (κ1) is 14.3. The summed E-state index contributed by atoms with van der Waals surface area (Å²) in [5.74, 6) is -0.237. The Labute approximate surface area is 132 Å². The number of anilines is 1. The monoisotopic (exact) mass is 312 g/mol. The van der Waals surface area contributed by atoms with Crippen molar-refractivity contribution >= 4 is 23.2 Å². The summed E-state index contributed by atoms with van der Waals surface area (Å²) in [6, 6.07) is 12.5. The second kappa shape index (κ2) is 5.99. The van der Waals surface area contributed by atoms with Gasteiger partial charge in [-0.2, -0.15) is 5.10 Å². The second-order valence-corrected chi connectivity index (χ2v) is 5.14. The van der Waals surface area contributed by atoms with Gasteiger partial charge < -0.3 is 5.32 Å². The molecule has 0 saturated carbocycles. The summed E-state index contributed by atoms with van der Waals surface area (Å²) in [6.07, 6.45) is 3.24. The fourth-order valence-electron chi connectivity index (χ4n) is 2.10. The topological polar surface area (TPSA) is 59.8 Å². The predicted molar refractivity (Wildman–Crippen MR) is 85.5 cm³/mol. The molecule has 0 aliphatic carbocycles. The Hall–Kier alpha value is -2.66. The SMILES string of the molecule is Cc1ccnn1-c1cccc(NC(=O)c2ccnc(Cl)c2)c1. The van der Waals surface area contributed by atoms with Crippen molar-refractivity contribution in [3.8, 4) is 5.69 Å². The van der Waals surface area contributed by atoms with E-state index in [0.29, 0.717) is 11.3 Å². The minimum absolute atomic E-state index is 0.237. The van der Waals surface area contributed by atoms with Crippen LogP contribution in [0.4, 0.5) is 5.69 Å². The summed E-state index contributed by atoms with van der Waals surface area (Å²) < 4.78 is 1.80. The highest BCUT2D eigenvalue weighted by molar-refractivity contribution is 6.29. The minimum atomic E-state index is -0.237. The van der Waals surface area contributed by atoms with Crippen LogP contribution in [0.3, 0.4) is 0 Å². The summed E-state index contributed by atoms with van der Waals surface area (Å²) in [6.45, 7) is 1.97. The lowest BCUT2D eigenvalue weighted by Crippen LogP contribution is -2.12. The number of pyridine rings is 1. The standard InChI is InChI=1S/C16H13ClN4O/c1-11-5-8-19-21(11)14-4-2-3-13(10-14)20-16(22)12-6-7-18-15(17)9-12/h2-10H,1H3,(H,20,22). The van der Waals surface area contributed by atoms with E-state index in [1.807, 2.05) is 37.3 Å². The summed E-state index contributed by atoms with van der Waals surface area (Å²) in [4.78, 5) is 16.1. The first-order valence-corrected chi connectivity index (χ1v) is 7.05. The van der Waals surface area contributed by atoms with Crippen molar-refractivity contribution in [3.05, 3.63) is 71.3 Å². The predicted octanol–water partition coefficient (Wildman–Crippen LogP) is 3.48. The number of aryl methyl sites for hydroxylation is 1. The largest absolute Gasteiger partial charge is 0.322 e. The van der Waals surface area contributed by atoms with Crippen molar-refractivity contribution in [2.75, 3.05) is 5.32 Å². The Morgan fingerprint density at radius 2 is 2.05 bits per heavy atom. The number of carbonyl (C=O) groups is 1. The molecule has 0 spiro atoms.